The highest BCUT2D eigenvalue weighted by Crippen LogP contribution is 2.31. The first-order valence-electron chi connectivity index (χ1n) is 11.7. The van der Waals surface area contributed by atoms with Gasteiger partial charge in [0.1, 0.15) is 12.1 Å². The molecule has 2 aliphatic rings. The topological polar surface area (TPSA) is 66.4 Å². The van der Waals surface area contributed by atoms with E-state index in [1.807, 2.05) is 32.3 Å². The fraction of sp³-hybridized carbons (Fsp3) is 0.480. The van der Waals surface area contributed by atoms with Gasteiger partial charge in [-0.1, -0.05) is 6.07 Å². The molecule has 8 heteroatoms. The molecule has 174 valence electrons. The lowest BCUT2D eigenvalue weighted by Gasteiger charge is -2.39. The van der Waals surface area contributed by atoms with Crippen molar-refractivity contribution in [3.05, 3.63) is 42.7 Å². The molecule has 1 N–H and O–H groups in total. The number of morpholine rings is 1. The predicted molar refractivity (Wildman–Crippen MR) is 129 cm³/mol. The third-order valence-corrected chi connectivity index (χ3v) is 6.87. The molecule has 2 aromatic heterocycles. The second kappa shape index (κ2) is 9.57. The molecule has 0 unspecified atom stereocenters. The van der Waals surface area contributed by atoms with Crippen LogP contribution in [0.4, 0.5) is 15.9 Å². The van der Waals surface area contributed by atoms with Gasteiger partial charge in [0, 0.05) is 56.4 Å². The van der Waals surface area contributed by atoms with Crippen molar-refractivity contribution in [2.45, 2.75) is 37.8 Å². The summed E-state index contributed by atoms with van der Waals surface area (Å²) < 4.78 is 19.6. The molecule has 1 aromatic carbocycles. The molecule has 1 saturated heterocycles. The Morgan fingerprint density at radius 1 is 1.00 bits per heavy atom. The van der Waals surface area contributed by atoms with Gasteiger partial charge in [-0.05, 0) is 49.4 Å². The number of aromatic nitrogens is 3. The highest BCUT2D eigenvalue weighted by molar-refractivity contribution is 5.92. The van der Waals surface area contributed by atoms with Crippen molar-refractivity contribution in [1.82, 2.24) is 19.9 Å². The van der Waals surface area contributed by atoms with Crippen LogP contribution in [-0.2, 0) is 4.74 Å². The second-order valence-corrected chi connectivity index (χ2v) is 9.18. The third kappa shape index (κ3) is 4.77. The highest BCUT2D eigenvalue weighted by atomic mass is 19.1. The van der Waals surface area contributed by atoms with Gasteiger partial charge in [0.2, 0.25) is 5.95 Å². The van der Waals surface area contributed by atoms with E-state index in [0.29, 0.717) is 17.8 Å². The van der Waals surface area contributed by atoms with E-state index in [2.05, 4.69) is 31.2 Å². The SMILES string of the molecule is CN(C)c1cc(-c2ccc3ncnc(NC4CCC(N5CCOCC5)CC4)c3c2)cnc1F. The summed E-state index contributed by atoms with van der Waals surface area (Å²) >= 11 is 0. The molecule has 33 heavy (non-hydrogen) atoms. The smallest absolute Gasteiger partial charge is 0.236 e. The zero-order valence-electron chi connectivity index (χ0n) is 19.3. The number of rotatable bonds is 5. The van der Waals surface area contributed by atoms with Crippen LogP contribution in [0.2, 0.25) is 0 Å². The van der Waals surface area contributed by atoms with Crippen LogP contribution in [0.5, 0.6) is 0 Å². The van der Waals surface area contributed by atoms with Crippen molar-refractivity contribution in [2.75, 3.05) is 50.6 Å². The van der Waals surface area contributed by atoms with Crippen molar-refractivity contribution >= 4 is 22.4 Å². The molecular formula is C25H31FN6O. The van der Waals surface area contributed by atoms with Crippen LogP contribution >= 0.6 is 0 Å². The molecule has 1 saturated carbocycles. The zero-order chi connectivity index (χ0) is 22.8. The number of fused-ring (bicyclic) bond motifs is 1. The maximum absolute atomic E-state index is 14.1. The molecule has 0 spiro atoms. The Morgan fingerprint density at radius 2 is 1.79 bits per heavy atom. The van der Waals surface area contributed by atoms with Crippen LogP contribution in [-0.4, -0.2) is 72.3 Å². The molecular weight excluding hydrogens is 419 g/mol. The lowest BCUT2D eigenvalue weighted by Crippen LogP contribution is -2.46. The van der Waals surface area contributed by atoms with E-state index in [1.165, 1.54) is 12.8 Å². The summed E-state index contributed by atoms with van der Waals surface area (Å²) in [6, 6.07) is 8.96. The maximum Gasteiger partial charge on any atom is 0.236 e. The van der Waals surface area contributed by atoms with E-state index >= 15 is 0 Å². The number of hydrogen-bond acceptors (Lipinski definition) is 7. The van der Waals surface area contributed by atoms with E-state index in [4.69, 9.17) is 4.74 Å². The Kier molecular flexibility index (Phi) is 6.37. The van der Waals surface area contributed by atoms with E-state index in [0.717, 1.165) is 67.0 Å². The van der Waals surface area contributed by atoms with Gasteiger partial charge < -0.3 is 15.0 Å². The van der Waals surface area contributed by atoms with Crippen molar-refractivity contribution in [2.24, 2.45) is 0 Å². The van der Waals surface area contributed by atoms with Gasteiger partial charge in [0.15, 0.2) is 0 Å². The van der Waals surface area contributed by atoms with Crippen LogP contribution in [0, 0.1) is 5.95 Å². The Labute approximate surface area is 194 Å². The Hall–Kier alpha value is -2.84. The highest BCUT2D eigenvalue weighted by Gasteiger charge is 2.27. The molecule has 3 aromatic rings. The first-order valence-corrected chi connectivity index (χ1v) is 11.7. The van der Waals surface area contributed by atoms with Gasteiger partial charge >= 0.3 is 0 Å². The molecule has 0 bridgehead atoms. The number of nitrogens with one attached hydrogen (secondary N) is 1. The summed E-state index contributed by atoms with van der Waals surface area (Å²) in [6.07, 6.45) is 7.84. The third-order valence-electron chi connectivity index (χ3n) is 6.87. The molecule has 5 rings (SSSR count). The van der Waals surface area contributed by atoms with Crippen LogP contribution < -0.4 is 10.2 Å². The van der Waals surface area contributed by atoms with Crippen molar-refractivity contribution < 1.29 is 9.13 Å². The zero-order valence-corrected chi connectivity index (χ0v) is 19.3. The minimum atomic E-state index is -0.470. The predicted octanol–water partition coefficient (Wildman–Crippen LogP) is 3.95. The molecule has 7 nitrogen and oxygen atoms in total. The summed E-state index contributed by atoms with van der Waals surface area (Å²) in [6.45, 7) is 3.81. The Bertz CT molecular complexity index is 1110. The van der Waals surface area contributed by atoms with E-state index < -0.39 is 5.95 Å². The molecule has 1 aliphatic heterocycles. The van der Waals surface area contributed by atoms with Gasteiger partial charge in [-0.15, -0.1) is 0 Å². The normalized spacial score (nSPS) is 21.8. The van der Waals surface area contributed by atoms with Crippen LogP contribution in [0.15, 0.2) is 36.8 Å². The van der Waals surface area contributed by atoms with Gasteiger partial charge in [-0.25, -0.2) is 15.0 Å². The van der Waals surface area contributed by atoms with Crippen molar-refractivity contribution in [3.63, 3.8) is 0 Å². The van der Waals surface area contributed by atoms with Gasteiger partial charge in [-0.3, -0.25) is 4.90 Å². The average Bonchev–Trinajstić information content (AvgIpc) is 2.85. The fourth-order valence-corrected chi connectivity index (χ4v) is 4.98. The summed E-state index contributed by atoms with van der Waals surface area (Å²) in [5.41, 5.74) is 3.18. The minimum absolute atomic E-state index is 0.400. The second-order valence-electron chi connectivity index (χ2n) is 9.18. The lowest BCUT2D eigenvalue weighted by atomic mass is 9.90. The summed E-state index contributed by atoms with van der Waals surface area (Å²) in [5.74, 6) is 0.391. The van der Waals surface area contributed by atoms with Crippen molar-refractivity contribution in [1.29, 1.82) is 0 Å². The van der Waals surface area contributed by atoms with Crippen LogP contribution in [0.3, 0.4) is 0 Å². The first-order chi connectivity index (χ1) is 16.1. The molecule has 0 amide bonds. The summed E-state index contributed by atoms with van der Waals surface area (Å²) in [5, 5.41) is 4.66. The van der Waals surface area contributed by atoms with Crippen LogP contribution in [0.25, 0.3) is 22.0 Å². The molecule has 0 atom stereocenters. The summed E-state index contributed by atoms with van der Waals surface area (Å²) in [7, 11) is 3.63. The maximum atomic E-state index is 14.1. The number of ether oxygens (including phenoxy) is 1. The van der Waals surface area contributed by atoms with E-state index in [9.17, 15) is 4.39 Å². The quantitative estimate of drug-likeness (QED) is 0.591. The van der Waals surface area contributed by atoms with Gasteiger partial charge in [-0.2, -0.15) is 4.39 Å². The lowest BCUT2D eigenvalue weighted by molar-refractivity contribution is 0.00791. The van der Waals surface area contributed by atoms with Gasteiger partial charge in [0.25, 0.3) is 0 Å². The standard InChI is InChI=1S/C25H31FN6O/c1-31(2)23-14-18(15-27-24(23)26)17-3-8-22-21(13-17)25(29-16-28-22)30-19-4-6-20(7-5-19)32-9-11-33-12-10-32/h3,8,13-16,19-20H,4-7,9-12H2,1-2H3,(H,28,29,30). The molecule has 2 fully saturated rings. The summed E-state index contributed by atoms with van der Waals surface area (Å²) in [4.78, 5) is 17.3. The number of pyridine rings is 1. The number of halogens is 1. The number of nitrogens with zero attached hydrogens (tertiary/aromatic N) is 5. The fourth-order valence-electron chi connectivity index (χ4n) is 4.98. The largest absolute Gasteiger partial charge is 0.379 e. The first kappa shape index (κ1) is 22.0. The molecule has 3 heterocycles. The molecule has 1 aliphatic carbocycles. The Morgan fingerprint density at radius 3 is 2.55 bits per heavy atom. The monoisotopic (exact) mass is 450 g/mol. The van der Waals surface area contributed by atoms with Crippen molar-refractivity contribution in [3.8, 4) is 11.1 Å². The Balaban J connectivity index is 1.35. The number of hydrogen-bond donors (Lipinski definition) is 1. The van der Waals surface area contributed by atoms with Crippen LogP contribution in [0.1, 0.15) is 25.7 Å². The average molecular weight is 451 g/mol. The minimum Gasteiger partial charge on any atom is -0.379 e. The number of anilines is 2. The molecule has 0 radical (unpaired) electrons. The number of benzene rings is 1. The van der Waals surface area contributed by atoms with E-state index in [-0.39, 0.29) is 0 Å². The van der Waals surface area contributed by atoms with Gasteiger partial charge in [0.05, 0.1) is 24.4 Å². The van der Waals surface area contributed by atoms with E-state index in [1.54, 1.807) is 17.4 Å².